The zero-order chi connectivity index (χ0) is 19.6. The number of aromatic amines is 1. The predicted octanol–water partition coefficient (Wildman–Crippen LogP) is 3.09. The van der Waals surface area contributed by atoms with Crippen molar-refractivity contribution in [2.24, 2.45) is 0 Å². The van der Waals surface area contributed by atoms with Gasteiger partial charge in [-0.15, -0.1) is 0 Å². The molecule has 0 saturated heterocycles. The van der Waals surface area contributed by atoms with Crippen LogP contribution >= 0.6 is 0 Å². The summed E-state index contributed by atoms with van der Waals surface area (Å²) >= 11 is 0. The Morgan fingerprint density at radius 2 is 1.81 bits per heavy atom. The fraction of sp³-hybridized carbons (Fsp3) is 0.273. The summed E-state index contributed by atoms with van der Waals surface area (Å²) in [5.41, 5.74) is 4.71. The molecule has 1 aromatic heterocycles. The molecule has 140 valence electrons. The number of rotatable bonds is 5. The largest absolute Gasteiger partial charge is 0.395 e. The number of aromatic nitrogens is 1. The van der Waals surface area contributed by atoms with E-state index in [4.69, 9.17) is 0 Å². The van der Waals surface area contributed by atoms with Gasteiger partial charge >= 0.3 is 0 Å². The van der Waals surface area contributed by atoms with Gasteiger partial charge in [0.1, 0.15) is 0 Å². The fourth-order valence-corrected chi connectivity index (χ4v) is 3.25. The highest BCUT2D eigenvalue weighted by atomic mass is 16.3. The summed E-state index contributed by atoms with van der Waals surface area (Å²) in [6.45, 7) is 6.00. The number of nitrogens with zero attached hydrogens (tertiary/aromatic N) is 1. The van der Waals surface area contributed by atoms with Crippen LogP contribution in [0.5, 0.6) is 0 Å². The quantitative estimate of drug-likeness (QED) is 0.731. The van der Waals surface area contributed by atoms with Gasteiger partial charge in [0.15, 0.2) is 0 Å². The SMILES string of the molecule is Cc1ccccc1C(=O)N(CCO)Cc1cc2ccc(C)c(C)c2[nH]c1=O. The summed E-state index contributed by atoms with van der Waals surface area (Å²) in [6.07, 6.45) is 0. The van der Waals surface area contributed by atoms with Crippen LogP contribution in [0.4, 0.5) is 0 Å². The van der Waals surface area contributed by atoms with E-state index >= 15 is 0 Å². The van der Waals surface area contributed by atoms with Gasteiger partial charge in [-0.05, 0) is 55.0 Å². The highest BCUT2D eigenvalue weighted by Gasteiger charge is 2.19. The second-order valence-electron chi connectivity index (χ2n) is 6.86. The van der Waals surface area contributed by atoms with Gasteiger partial charge < -0.3 is 15.0 Å². The third-order valence-electron chi connectivity index (χ3n) is 5.02. The van der Waals surface area contributed by atoms with Crippen molar-refractivity contribution in [3.05, 3.63) is 80.6 Å². The fourth-order valence-electron chi connectivity index (χ4n) is 3.25. The summed E-state index contributed by atoms with van der Waals surface area (Å²) in [4.78, 5) is 30.0. The smallest absolute Gasteiger partial charge is 0.254 e. The first-order valence-corrected chi connectivity index (χ1v) is 9.00. The minimum absolute atomic E-state index is 0.145. The molecule has 5 heteroatoms. The van der Waals surface area contributed by atoms with Gasteiger partial charge in [0.25, 0.3) is 11.5 Å². The Hall–Kier alpha value is -2.92. The van der Waals surface area contributed by atoms with Crippen LogP contribution in [0.15, 0.2) is 47.3 Å². The van der Waals surface area contributed by atoms with Gasteiger partial charge in [0.2, 0.25) is 0 Å². The van der Waals surface area contributed by atoms with Crippen LogP contribution < -0.4 is 5.56 Å². The zero-order valence-electron chi connectivity index (χ0n) is 15.9. The summed E-state index contributed by atoms with van der Waals surface area (Å²) in [5.74, 6) is -0.193. The number of aryl methyl sites for hydroxylation is 3. The maximum Gasteiger partial charge on any atom is 0.254 e. The molecule has 0 fully saturated rings. The van der Waals surface area contributed by atoms with Gasteiger partial charge in [0, 0.05) is 17.7 Å². The van der Waals surface area contributed by atoms with Crippen molar-refractivity contribution in [3.63, 3.8) is 0 Å². The summed E-state index contributed by atoms with van der Waals surface area (Å²) < 4.78 is 0. The number of hydrogen-bond acceptors (Lipinski definition) is 3. The minimum Gasteiger partial charge on any atom is -0.395 e. The molecule has 2 N–H and O–H groups in total. The highest BCUT2D eigenvalue weighted by molar-refractivity contribution is 5.95. The van der Waals surface area contributed by atoms with Crippen LogP contribution in [0.1, 0.15) is 32.6 Å². The standard InChI is InChI=1S/C22H24N2O3/c1-14-8-9-17-12-18(21(26)23-20(17)16(14)3)13-24(10-11-25)22(27)19-7-5-4-6-15(19)2/h4-9,12,25H,10-11,13H2,1-3H3,(H,23,26). The van der Waals surface area contributed by atoms with E-state index in [1.807, 2.05) is 57.2 Å². The van der Waals surface area contributed by atoms with Gasteiger partial charge in [-0.25, -0.2) is 0 Å². The van der Waals surface area contributed by atoms with Gasteiger partial charge in [-0.1, -0.05) is 30.3 Å². The lowest BCUT2D eigenvalue weighted by Crippen LogP contribution is -2.35. The molecule has 0 saturated carbocycles. The molecule has 0 bridgehead atoms. The van der Waals surface area contributed by atoms with Crippen molar-refractivity contribution in [2.75, 3.05) is 13.2 Å². The van der Waals surface area contributed by atoms with Crippen molar-refractivity contribution in [1.29, 1.82) is 0 Å². The van der Waals surface area contributed by atoms with E-state index in [0.29, 0.717) is 11.1 Å². The Labute approximate surface area is 158 Å². The molecule has 2 aromatic carbocycles. The Morgan fingerprint density at radius 3 is 2.52 bits per heavy atom. The van der Waals surface area contributed by atoms with Crippen molar-refractivity contribution >= 4 is 16.8 Å². The number of pyridine rings is 1. The van der Waals surface area contributed by atoms with Gasteiger partial charge in [0.05, 0.1) is 18.7 Å². The Kier molecular flexibility index (Phi) is 5.42. The lowest BCUT2D eigenvalue weighted by molar-refractivity contribution is 0.0706. The molecule has 0 unspecified atom stereocenters. The number of benzene rings is 2. The van der Waals surface area contributed by atoms with Gasteiger partial charge in [-0.3, -0.25) is 9.59 Å². The van der Waals surface area contributed by atoms with Crippen molar-refractivity contribution < 1.29 is 9.90 Å². The molecule has 0 radical (unpaired) electrons. The molecular weight excluding hydrogens is 340 g/mol. The second kappa shape index (κ2) is 7.76. The minimum atomic E-state index is -0.211. The third-order valence-corrected chi connectivity index (χ3v) is 5.02. The Morgan fingerprint density at radius 1 is 1.07 bits per heavy atom. The number of nitrogens with one attached hydrogen (secondary N) is 1. The highest BCUT2D eigenvalue weighted by Crippen LogP contribution is 2.20. The maximum atomic E-state index is 12.9. The van der Waals surface area contributed by atoms with E-state index in [-0.39, 0.29) is 31.2 Å². The first-order valence-electron chi connectivity index (χ1n) is 9.00. The molecule has 0 atom stereocenters. The molecule has 0 spiro atoms. The van der Waals surface area contributed by atoms with Crippen LogP contribution in [-0.2, 0) is 6.54 Å². The number of aliphatic hydroxyl groups is 1. The van der Waals surface area contributed by atoms with Crippen molar-refractivity contribution in [1.82, 2.24) is 9.88 Å². The molecule has 5 nitrogen and oxygen atoms in total. The Bertz CT molecular complexity index is 1050. The topological polar surface area (TPSA) is 73.4 Å². The average Bonchev–Trinajstić information content (AvgIpc) is 2.65. The van der Waals surface area contributed by atoms with E-state index in [9.17, 15) is 14.7 Å². The first-order chi connectivity index (χ1) is 12.9. The number of carbonyl (C=O) groups is 1. The lowest BCUT2D eigenvalue weighted by Gasteiger charge is -2.22. The predicted molar refractivity (Wildman–Crippen MR) is 107 cm³/mol. The molecule has 27 heavy (non-hydrogen) atoms. The number of H-pyrrole nitrogens is 1. The van der Waals surface area contributed by atoms with Crippen molar-refractivity contribution in [3.8, 4) is 0 Å². The van der Waals surface area contributed by atoms with Crippen LogP contribution in [0.2, 0.25) is 0 Å². The van der Waals surface area contributed by atoms with Crippen LogP contribution in [0.25, 0.3) is 10.9 Å². The van der Waals surface area contributed by atoms with E-state index in [1.165, 1.54) is 4.90 Å². The number of fused-ring (bicyclic) bond motifs is 1. The molecule has 0 aliphatic heterocycles. The molecule has 3 aromatic rings. The number of hydrogen-bond donors (Lipinski definition) is 2. The van der Waals surface area contributed by atoms with Crippen molar-refractivity contribution in [2.45, 2.75) is 27.3 Å². The summed E-state index contributed by atoms with van der Waals surface area (Å²) in [7, 11) is 0. The zero-order valence-corrected chi connectivity index (χ0v) is 15.9. The lowest BCUT2D eigenvalue weighted by atomic mass is 10.0. The molecule has 0 aliphatic carbocycles. The van der Waals surface area contributed by atoms with E-state index in [0.717, 1.165) is 27.6 Å². The number of aliphatic hydroxyl groups excluding tert-OH is 1. The van der Waals surface area contributed by atoms with E-state index in [2.05, 4.69) is 4.98 Å². The van der Waals surface area contributed by atoms with E-state index < -0.39 is 0 Å². The normalized spacial score (nSPS) is 11.0. The second-order valence-corrected chi connectivity index (χ2v) is 6.86. The summed E-state index contributed by atoms with van der Waals surface area (Å²) in [5, 5.41) is 10.3. The van der Waals surface area contributed by atoms with Gasteiger partial charge in [-0.2, -0.15) is 0 Å². The van der Waals surface area contributed by atoms with Crippen LogP contribution in [-0.4, -0.2) is 34.0 Å². The molecule has 1 heterocycles. The molecular formula is C22H24N2O3. The van der Waals surface area contributed by atoms with Crippen LogP contribution in [0, 0.1) is 20.8 Å². The third kappa shape index (κ3) is 3.78. The average molecular weight is 364 g/mol. The van der Waals surface area contributed by atoms with Crippen LogP contribution in [0.3, 0.4) is 0 Å². The molecule has 1 amide bonds. The first kappa shape index (κ1) is 18.9. The molecule has 3 rings (SSSR count). The number of carbonyl (C=O) groups excluding carboxylic acids is 1. The molecule has 0 aliphatic rings. The van der Waals surface area contributed by atoms with E-state index in [1.54, 1.807) is 6.07 Å². The summed E-state index contributed by atoms with van der Waals surface area (Å²) in [6, 6.07) is 13.1. The Balaban J connectivity index is 1.99. The number of amides is 1. The monoisotopic (exact) mass is 364 g/mol. The maximum absolute atomic E-state index is 12.9.